The van der Waals surface area contributed by atoms with Gasteiger partial charge in [-0.05, 0) is 31.2 Å². The van der Waals surface area contributed by atoms with Gasteiger partial charge < -0.3 is 10.2 Å². The summed E-state index contributed by atoms with van der Waals surface area (Å²) in [7, 11) is 0. The van der Waals surface area contributed by atoms with Crippen molar-refractivity contribution in [3.63, 3.8) is 0 Å². The molecule has 2 nitrogen and oxygen atoms in total. The van der Waals surface area contributed by atoms with Crippen LogP contribution in [0.15, 0.2) is 30.3 Å². The van der Waals surface area contributed by atoms with Crippen LogP contribution in [0.25, 0.3) is 0 Å². The van der Waals surface area contributed by atoms with Gasteiger partial charge in [-0.15, -0.1) is 0 Å². The SMILES string of the molecule is OCCCC(O)CCc1ccccc1. The van der Waals surface area contributed by atoms with E-state index in [1.165, 1.54) is 5.56 Å². The fourth-order valence-electron chi connectivity index (χ4n) is 1.45. The Morgan fingerprint density at radius 1 is 1.07 bits per heavy atom. The maximum atomic E-state index is 9.53. The molecular formula is C12H18O2. The Morgan fingerprint density at radius 3 is 2.43 bits per heavy atom. The van der Waals surface area contributed by atoms with Gasteiger partial charge in [-0.25, -0.2) is 0 Å². The van der Waals surface area contributed by atoms with Crippen molar-refractivity contribution in [3.05, 3.63) is 35.9 Å². The van der Waals surface area contributed by atoms with E-state index in [-0.39, 0.29) is 12.7 Å². The molecule has 0 aliphatic carbocycles. The summed E-state index contributed by atoms with van der Waals surface area (Å²) in [5.74, 6) is 0. The van der Waals surface area contributed by atoms with Crippen molar-refractivity contribution in [1.82, 2.24) is 0 Å². The lowest BCUT2D eigenvalue weighted by atomic mass is 10.0. The van der Waals surface area contributed by atoms with Crippen molar-refractivity contribution in [2.45, 2.75) is 31.8 Å². The molecule has 0 bridgehead atoms. The Hall–Kier alpha value is -0.860. The third-order valence-corrected chi connectivity index (χ3v) is 2.30. The van der Waals surface area contributed by atoms with Gasteiger partial charge in [0, 0.05) is 6.61 Å². The minimum Gasteiger partial charge on any atom is -0.396 e. The summed E-state index contributed by atoms with van der Waals surface area (Å²) in [5, 5.41) is 18.1. The van der Waals surface area contributed by atoms with Crippen molar-refractivity contribution in [3.8, 4) is 0 Å². The lowest BCUT2D eigenvalue weighted by Crippen LogP contribution is -2.08. The first-order chi connectivity index (χ1) is 6.83. The molecule has 0 saturated carbocycles. The second-order valence-corrected chi connectivity index (χ2v) is 3.54. The molecule has 2 N–H and O–H groups in total. The number of aliphatic hydroxyl groups excluding tert-OH is 2. The molecule has 0 radical (unpaired) electrons. The average Bonchev–Trinajstić information content (AvgIpc) is 2.25. The topological polar surface area (TPSA) is 40.5 Å². The van der Waals surface area contributed by atoms with Gasteiger partial charge >= 0.3 is 0 Å². The number of hydrogen-bond acceptors (Lipinski definition) is 2. The van der Waals surface area contributed by atoms with Gasteiger partial charge in [0.1, 0.15) is 0 Å². The second kappa shape index (κ2) is 6.57. The normalized spacial score (nSPS) is 12.7. The molecule has 1 unspecified atom stereocenters. The van der Waals surface area contributed by atoms with Gasteiger partial charge in [0.05, 0.1) is 6.10 Å². The summed E-state index contributed by atoms with van der Waals surface area (Å²) in [4.78, 5) is 0. The van der Waals surface area contributed by atoms with E-state index in [2.05, 4.69) is 12.1 Å². The zero-order chi connectivity index (χ0) is 10.2. The number of aryl methyl sites for hydroxylation is 1. The molecule has 2 heteroatoms. The zero-order valence-corrected chi connectivity index (χ0v) is 8.39. The first kappa shape index (κ1) is 11.2. The maximum Gasteiger partial charge on any atom is 0.0544 e. The highest BCUT2D eigenvalue weighted by Crippen LogP contribution is 2.08. The summed E-state index contributed by atoms with van der Waals surface area (Å²) < 4.78 is 0. The number of aliphatic hydroxyl groups is 2. The molecule has 1 aromatic carbocycles. The number of rotatable bonds is 6. The number of benzene rings is 1. The molecule has 1 rings (SSSR count). The van der Waals surface area contributed by atoms with E-state index >= 15 is 0 Å². The zero-order valence-electron chi connectivity index (χ0n) is 8.39. The molecule has 14 heavy (non-hydrogen) atoms. The summed E-state index contributed by atoms with van der Waals surface area (Å²) in [6.07, 6.45) is 2.80. The molecular weight excluding hydrogens is 176 g/mol. The van der Waals surface area contributed by atoms with Crippen LogP contribution in [0.2, 0.25) is 0 Å². The van der Waals surface area contributed by atoms with Crippen molar-refractivity contribution < 1.29 is 10.2 Å². The molecule has 0 saturated heterocycles. The van der Waals surface area contributed by atoms with Crippen LogP contribution in [0.3, 0.4) is 0 Å². The van der Waals surface area contributed by atoms with Gasteiger partial charge in [-0.3, -0.25) is 0 Å². The molecule has 0 heterocycles. The van der Waals surface area contributed by atoms with E-state index < -0.39 is 0 Å². The van der Waals surface area contributed by atoms with E-state index in [0.29, 0.717) is 12.8 Å². The summed E-state index contributed by atoms with van der Waals surface area (Å²) >= 11 is 0. The largest absolute Gasteiger partial charge is 0.396 e. The molecule has 0 spiro atoms. The lowest BCUT2D eigenvalue weighted by molar-refractivity contribution is 0.141. The Kier molecular flexibility index (Phi) is 5.27. The van der Waals surface area contributed by atoms with Crippen LogP contribution in [0, 0.1) is 0 Å². The molecule has 1 atom stereocenters. The fraction of sp³-hybridized carbons (Fsp3) is 0.500. The van der Waals surface area contributed by atoms with Crippen LogP contribution in [0.4, 0.5) is 0 Å². The Bertz CT molecular complexity index is 233. The number of hydrogen-bond donors (Lipinski definition) is 2. The highest BCUT2D eigenvalue weighted by molar-refractivity contribution is 5.14. The quantitative estimate of drug-likeness (QED) is 0.724. The molecule has 0 amide bonds. The Balaban J connectivity index is 2.20. The van der Waals surface area contributed by atoms with Gasteiger partial charge in [-0.2, -0.15) is 0 Å². The van der Waals surface area contributed by atoms with Crippen molar-refractivity contribution in [2.24, 2.45) is 0 Å². The summed E-state index contributed by atoms with van der Waals surface area (Å²) in [5.41, 5.74) is 1.26. The molecule has 1 aromatic rings. The van der Waals surface area contributed by atoms with Gasteiger partial charge in [0.15, 0.2) is 0 Å². The van der Waals surface area contributed by atoms with Gasteiger partial charge in [-0.1, -0.05) is 30.3 Å². The van der Waals surface area contributed by atoms with Crippen LogP contribution in [0.5, 0.6) is 0 Å². The highest BCUT2D eigenvalue weighted by Gasteiger charge is 2.03. The van der Waals surface area contributed by atoms with Crippen molar-refractivity contribution in [1.29, 1.82) is 0 Å². The van der Waals surface area contributed by atoms with Crippen LogP contribution in [0.1, 0.15) is 24.8 Å². The average molecular weight is 194 g/mol. The van der Waals surface area contributed by atoms with Gasteiger partial charge in [0.2, 0.25) is 0 Å². The monoisotopic (exact) mass is 194 g/mol. The highest BCUT2D eigenvalue weighted by atomic mass is 16.3. The predicted molar refractivity (Wildman–Crippen MR) is 57.1 cm³/mol. The van der Waals surface area contributed by atoms with Crippen LogP contribution in [-0.2, 0) is 6.42 Å². The van der Waals surface area contributed by atoms with Crippen LogP contribution in [-0.4, -0.2) is 22.9 Å². The molecule has 78 valence electrons. The molecule has 0 aromatic heterocycles. The van der Waals surface area contributed by atoms with Crippen molar-refractivity contribution >= 4 is 0 Å². The fourth-order valence-corrected chi connectivity index (χ4v) is 1.45. The first-order valence-electron chi connectivity index (χ1n) is 5.16. The van der Waals surface area contributed by atoms with E-state index in [4.69, 9.17) is 5.11 Å². The van der Waals surface area contributed by atoms with Gasteiger partial charge in [0.25, 0.3) is 0 Å². The predicted octanol–water partition coefficient (Wildman–Crippen LogP) is 1.75. The molecule has 0 aliphatic rings. The molecule has 0 fully saturated rings. The Labute approximate surface area is 85.2 Å². The Morgan fingerprint density at radius 2 is 1.79 bits per heavy atom. The van der Waals surface area contributed by atoms with E-state index in [1.807, 2.05) is 18.2 Å². The maximum absolute atomic E-state index is 9.53. The third-order valence-electron chi connectivity index (χ3n) is 2.30. The minimum absolute atomic E-state index is 0.169. The van der Waals surface area contributed by atoms with E-state index in [1.54, 1.807) is 0 Å². The van der Waals surface area contributed by atoms with Crippen molar-refractivity contribution in [2.75, 3.05) is 6.61 Å². The van der Waals surface area contributed by atoms with E-state index in [9.17, 15) is 5.11 Å². The minimum atomic E-state index is -0.276. The lowest BCUT2D eigenvalue weighted by Gasteiger charge is -2.09. The second-order valence-electron chi connectivity index (χ2n) is 3.54. The third kappa shape index (κ3) is 4.40. The van der Waals surface area contributed by atoms with Crippen LogP contribution >= 0.6 is 0 Å². The molecule has 0 aliphatic heterocycles. The van der Waals surface area contributed by atoms with E-state index in [0.717, 1.165) is 12.8 Å². The standard InChI is InChI=1S/C12H18O2/c13-10-4-7-12(14)9-8-11-5-2-1-3-6-11/h1-3,5-6,12-14H,4,7-10H2. The summed E-state index contributed by atoms with van der Waals surface area (Å²) in [6.45, 7) is 0.169. The summed E-state index contributed by atoms with van der Waals surface area (Å²) in [6, 6.07) is 10.1. The first-order valence-corrected chi connectivity index (χ1v) is 5.16. The van der Waals surface area contributed by atoms with Crippen LogP contribution < -0.4 is 0 Å². The smallest absolute Gasteiger partial charge is 0.0544 e.